The Morgan fingerprint density at radius 3 is 1.66 bits per heavy atom. The van der Waals surface area contributed by atoms with E-state index in [0.29, 0.717) is 34.7 Å². The maximum Gasteiger partial charge on any atom is 0.326 e. The van der Waals surface area contributed by atoms with E-state index in [4.69, 9.17) is 17.2 Å². The first-order valence-electron chi connectivity index (χ1n) is 22.2. The number of nitrogens with zero attached hydrogens (tertiary/aromatic N) is 3. The zero-order chi connectivity index (χ0) is 51.2. The van der Waals surface area contributed by atoms with Gasteiger partial charge in [-0.2, -0.15) is 11.8 Å². The number of aromatic nitrogens is 4. The summed E-state index contributed by atoms with van der Waals surface area (Å²) < 4.78 is 0. The number of hydrogen-bond donors (Lipinski definition) is 14. The third kappa shape index (κ3) is 18.5. The van der Waals surface area contributed by atoms with Crippen LogP contribution < -0.4 is 49.1 Å². The number of imidazole rings is 2. The molecule has 4 aromatic rings. The van der Waals surface area contributed by atoms with Gasteiger partial charge in [-0.1, -0.05) is 42.5 Å². The van der Waals surface area contributed by atoms with Gasteiger partial charge < -0.3 is 74.4 Å². The number of carboxylic acids is 1. The van der Waals surface area contributed by atoms with Gasteiger partial charge in [0.25, 0.3) is 0 Å². The first-order chi connectivity index (χ1) is 33.4. The number of nitrogens with two attached hydrogens (primary N) is 3. The topological polar surface area (TPSA) is 400 Å². The third-order valence-electron chi connectivity index (χ3n) is 10.7. The Morgan fingerprint density at radius 1 is 0.657 bits per heavy atom. The molecule has 0 bridgehead atoms. The van der Waals surface area contributed by atoms with Gasteiger partial charge in [-0.15, -0.1) is 0 Å². The molecule has 0 aliphatic rings. The molecule has 70 heavy (non-hydrogen) atoms. The molecule has 2 heterocycles. The average Bonchev–Trinajstić information content (AvgIpc) is 4.05. The molecule has 8 unspecified atom stereocenters. The zero-order valence-corrected chi connectivity index (χ0v) is 39.5. The standard InChI is InChI=1S/C45H62N14O10S/c1-25(60)37(59-42(66)35(20-29-22-50-24-53-29)57-41(65)34(19-28-21-49-23-52-28)55-38(62)31(46)14-16-70-2)43(67)54-32(9-6-15-51-45(47)48)39(63)56-33(17-26-7-4-3-5-8-26)40(64)58-36(44(68)69)18-27-10-12-30(61)13-11-27/h3-5,7-8,10-13,21-25,31-37,60-61H,6,9,14-20,46H2,1-2H3,(H,49,52)(H,50,53)(H,54,67)(H,55,62)(H,56,63)(H,57,65)(H,58,64)(H,59,66)(H,68,69)(H4,47,48,51). The predicted molar refractivity (Wildman–Crippen MR) is 258 cm³/mol. The molecule has 2 aromatic heterocycles. The van der Waals surface area contributed by atoms with Crippen LogP contribution in [0.5, 0.6) is 5.75 Å². The summed E-state index contributed by atoms with van der Waals surface area (Å²) in [6, 6.07) is 4.66. The number of hydrogen-bond acceptors (Lipinski definition) is 14. The number of aromatic hydroxyl groups is 1. The van der Waals surface area contributed by atoms with Crippen LogP contribution >= 0.6 is 11.8 Å². The predicted octanol–water partition coefficient (Wildman–Crippen LogP) is -2.38. The molecule has 0 fully saturated rings. The molecule has 0 saturated carbocycles. The number of nitrogens with one attached hydrogen (secondary N) is 8. The lowest BCUT2D eigenvalue weighted by molar-refractivity contribution is -0.142. The second-order valence-corrected chi connectivity index (χ2v) is 17.3. The van der Waals surface area contributed by atoms with Crippen LogP contribution in [0.3, 0.4) is 0 Å². The fourth-order valence-electron chi connectivity index (χ4n) is 6.94. The van der Waals surface area contributed by atoms with E-state index in [9.17, 15) is 48.9 Å². The monoisotopic (exact) mass is 990 g/mol. The Kier molecular flexibility index (Phi) is 22.1. The van der Waals surface area contributed by atoms with Crippen molar-refractivity contribution in [3.05, 3.63) is 102 Å². The van der Waals surface area contributed by atoms with Crippen LogP contribution in [0.4, 0.5) is 0 Å². The van der Waals surface area contributed by atoms with E-state index in [-0.39, 0.29) is 56.8 Å². The SMILES string of the molecule is CSCCC(N)C(=O)NC(Cc1cnc[nH]1)C(=O)NC(Cc1cnc[nH]1)C(=O)NC(C(=O)NC(CCCN=C(N)N)C(=O)NC(Cc1ccccc1)C(=O)NC(Cc1ccc(O)cc1)C(=O)O)C(C)O. The molecule has 0 aliphatic carbocycles. The van der Waals surface area contributed by atoms with Crippen molar-refractivity contribution >= 4 is 59.1 Å². The number of phenols is 1. The number of rotatable bonds is 29. The number of aromatic amines is 2. The molecule has 0 radical (unpaired) electrons. The first kappa shape index (κ1) is 55.1. The molecule has 17 N–H and O–H groups in total. The third-order valence-corrected chi connectivity index (χ3v) is 11.4. The maximum absolute atomic E-state index is 14.2. The molecule has 6 amide bonds. The minimum absolute atomic E-state index is 0.0184. The molecule has 4 rings (SSSR count). The minimum Gasteiger partial charge on any atom is -0.508 e. The van der Waals surface area contributed by atoms with Gasteiger partial charge in [-0.05, 0) is 61.5 Å². The van der Waals surface area contributed by atoms with Crippen LogP contribution in [0.25, 0.3) is 0 Å². The summed E-state index contributed by atoms with van der Waals surface area (Å²) in [6.07, 6.45) is 5.68. The van der Waals surface area contributed by atoms with Crippen LogP contribution in [0.1, 0.15) is 48.7 Å². The van der Waals surface area contributed by atoms with Gasteiger partial charge in [0.15, 0.2) is 5.96 Å². The lowest BCUT2D eigenvalue weighted by Gasteiger charge is -2.28. The van der Waals surface area contributed by atoms with Crippen molar-refractivity contribution in [3.63, 3.8) is 0 Å². The molecule has 24 nitrogen and oxygen atoms in total. The van der Waals surface area contributed by atoms with Gasteiger partial charge in [0.05, 0.1) is 24.8 Å². The number of thioether (sulfide) groups is 1. The summed E-state index contributed by atoms with van der Waals surface area (Å²) in [7, 11) is 0. The number of carboxylic acid groups (broad SMARTS) is 1. The summed E-state index contributed by atoms with van der Waals surface area (Å²) in [5.41, 5.74) is 19.1. The highest BCUT2D eigenvalue weighted by atomic mass is 32.2. The molecule has 0 saturated heterocycles. The number of aliphatic hydroxyl groups is 1. The highest BCUT2D eigenvalue weighted by Crippen LogP contribution is 2.13. The van der Waals surface area contributed by atoms with Gasteiger partial charge >= 0.3 is 5.97 Å². The van der Waals surface area contributed by atoms with E-state index in [1.165, 1.54) is 68.0 Å². The lowest BCUT2D eigenvalue weighted by Crippen LogP contribution is -2.62. The quantitative estimate of drug-likeness (QED) is 0.0153. The Morgan fingerprint density at radius 2 is 1.14 bits per heavy atom. The van der Waals surface area contributed by atoms with Crippen molar-refractivity contribution in [2.24, 2.45) is 22.2 Å². The van der Waals surface area contributed by atoms with E-state index < -0.39 is 89.8 Å². The minimum atomic E-state index is -1.74. The number of amides is 6. The fourth-order valence-corrected chi connectivity index (χ4v) is 7.43. The molecule has 8 atom stereocenters. The number of benzene rings is 2. The van der Waals surface area contributed by atoms with Crippen molar-refractivity contribution < 1.29 is 48.9 Å². The number of guanidine groups is 1. The van der Waals surface area contributed by atoms with Crippen LogP contribution in [-0.2, 0) is 59.2 Å². The highest BCUT2D eigenvalue weighted by molar-refractivity contribution is 7.98. The number of carbonyl (C=O) groups is 7. The van der Waals surface area contributed by atoms with Crippen molar-refractivity contribution in [1.82, 2.24) is 51.8 Å². The number of phenolic OH excluding ortho intramolecular Hbond substituents is 1. The number of H-pyrrole nitrogens is 2. The Balaban J connectivity index is 1.58. The molecule has 25 heteroatoms. The second-order valence-electron chi connectivity index (χ2n) is 16.3. The molecular weight excluding hydrogens is 929 g/mol. The summed E-state index contributed by atoms with van der Waals surface area (Å²) in [5.74, 6) is -6.18. The smallest absolute Gasteiger partial charge is 0.326 e. The van der Waals surface area contributed by atoms with Crippen molar-refractivity contribution in [1.29, 1.82) is 0 Å². The Hall–Kier alpha value is -7.51. The first-order valence-corrected chi connectivity index (χ1v) is 23.6. The van der Waals surface area contributed by atoms with Gasteiger partial charge in [-0.25, -0.2) is 14.8 Å². The summed E-state index contributed by atoms with van der Waals surface area (Å²) in [6.45, 7) is 1.24. The van der Waals surface area contributed by atoms with Crippen LogP contribution in [0, 0.1) is 0 Å². The van der Waals surface area contributed by atoms with Crippen molar-refractivity contribution in [2.45, 2.75) is 100 Å². The van der Waals surface area contributed by atoms with E-state index in [1.807, 2.05) is 6.26 Å². The Bertz CT molecular complexity index is 2330. The maximum atomic E-state index is 14.2. The van der Waals surface area contributed by atoms with E-state index >= 15 is 0 Å². The molecular formula is C45H62N14O10S. The number of aliphatic carboxylic acids is 1. The molecule has 2 aromatic carbocycles. The van der Waals surface area contributed by atoms with E-state index in [2.05, 4.69) is 56.8 Å². The number of aliphatic hydroxyl groups excluding tert-OH is 1. The second kappa shape index (κ2) is 28.1. The molecule has 0 spiro atoms. The van der Waals surface area contributed by atoms with Gasteiger partial charge in [0, 0.05) is 56.0 Å². The summed E-state index contributed by atoms with van der Waals surface area (Å²) in [4.78, 5) is 114. The lowest BCUT2D eigenvalue weighted by atomic mass is 10.0. The van der Waals surface area contributed by atoms with Crippen LogP contribution in [0.15, 0.2) is 84.6 Å². The fraction of sp³-hybridized carbons (Fsp3) is 0.422. The van der Waals surface area contributed by atoms with Gasteiger partial charge in [-0.3, -0.25) is 33.8 Å². The van der Waals surface area contributed by atoms with E-state index in [1.54, 1.807) is 30.3 Å². The van der Waals surface area contributed by atoms with Gasteiger partial charge in [0.1, 0.15) is 42.0 Å². The molecule has 0 aliphatic heterocycles. The van der Waals surface area contributed by atoms with Crippen molar-refractivity contribution in [2.75, 3.05) is 18.6 Å². The summed E-state index contributed by atoms with van der Waals surface area (Å²) in [5, 5.41) is 46.1. The van der Waals surface area contributed by atoms with E-state index in [0.717, 1.165) is 0 Å². The number of aliphatic imine (C=N–C) groups is 1. The van der Waals surface area contributed by atoms with Crippen molar-refractivity contribution in [3.8, 4) is 5.75 Å². The van der Waals surface area contributed by atoms with Crippen LogP contribution in [-0.4, -0.2) is 150 Å². The van der Waals surface area contributed by atoms with Gasteiger partial charge in [0.2, 0.25) is 35.4 Å². The summed E-state index contributed by atoms with van der Waals surface area (Å²) >= 11 is 1.49. The van der Waals surface area contributed by atoms with Crippen LogP contribution in [0.2, 0.25) is 0 Å². The number of carbonyl (C=O) groups excluding carboxylic acids is 6. The normalized spacial score (nSPS) is 14.5. The largest absolute Gasteiger partial charge is 0.508 e. The Labute approximate surface area is 407 Å². The zero-order valence-electron chi connectivity index (χ0n) is 38.7. The average molecular weight is 991 g/mol. The molecule has 378 valence electrons. The highest BCUT2D eigenvalue weighted by Gasteiger charge is 2.36.